The van der Waals surface area contributed by atoms with Gasteiger partial charge in [-0.2, -0.15) is 0 Å². The lowest BCUT2D eigenvalue weighted by Crippen LogP contribution is -2.30. The Morgan fingerprint density at radius 2 is 0.468 bits per heavy atom. The lowest BCUT2D eigenvalue weighted by Gasteiger charge is -2.18. The number of esters is 3. The predicted molar refractivity (Wildman–Crippen MR) is 266 cm³/mol. The highest BCUT2D eigenvalue weighted by Crippen LogP contribution is 2.18. The van der Waals surface area contributed by atoms with Gasteiger partial charge in [-0.25, -0.2) is 0 Å². The Balaban J connectivity index is 4.26. The molecule has 0 unspecified atom stereocenters. The smallest absolute Gasteiger partial charge is 0.306 e. The van der Waals surface area contributed by atoms with Crippen molar-refractivity contribution in [1.82, 2.24) is 0 Å². The third kappa shape index (κ3) is 49.4. The van der Waals surface area contributed by atoms with Crippen LogP contribution in [0.15, 0.2) is 0 Å². The summed E-state index contributed by atoms with van der Waals surface area (Å²) in [6, 6.07) is 0. The second kappa shape index (κ2) is 47.4. The first-order valence-electron chi connectivity index (χ1n) is 27.6. The summed E-state index contributed by atoms with van der Waals surface area (Å²) < 4.78 is 16.8. The van der Waals surface area contributed by atoms with Crippen LogP contribution in [0, 0.1) is 17.8 Å². The van der Waals surface area contributed by atoms with Crippen molar-refractivity contribution in [1.29, 1.82) is 0 Å². The zero-order valence-corrected chi connectivity index (χ0v) is 42.7. The third-order valence-corrected chi connectivity index (χ3v) is 12.6. The van der Waals surface area contributed by atoms with Gasteiger partial charge in [-0.3, -0.25) is 14.4 Å². The van der Waals surface area contributed by atoms with Gasteiger partial charge in [0.25, 0.3) is 0 Å². The van der Waals surface area contributed by atoms with Gasteiger partial charge >= 0.3 is 17.9 Å². The topological polar surface area (TPSA) is 78.9 Å². The number of hydrogen-bond acceptors (Lipinski definition) is 6. The quantitative estimate of drug-likeness (QED) is 0.0344. The molecule has 0 heterocycles. The number of rotatable bonds is 49. The molecule has 368 valence electrons. The van der Waals surface area contributed by atoms with Gasteiger partial charge in [0.05, 0.1) is 0 Å². The maximum absolute atomic E-state index is 12.8. The fourth-order valence-electron chi connectivity index (χ4n) is 8.47. The molecule has 0 aliphatic rings. The van der Waals surface area contributed by atoms with E-state index in [9.17, 15) is 14.4 Å². The van der Waals surface area contributed by atoms with E-state index in [0.717, 1.165) is 75.5 Å². The van der Waals surface area contributed by atoms with Crippen LogP contribution in [0.3, 0.4) is 0 Å². The standard InChI is InChI=1S/C56H108O6/c1-50(2)42-36-30-24-19-15-11-9-7-8-10-12-18-22-28-35-41-47-56(59)62-53(49-61-55(58)46-40-34-29-23-26-32-38-44-52(5)6)48-60-54(57)45-39-33-27-21-17-14-13-16-20-25-31-37-43-51(3)4/h50-53H,7-49H2,1-6H3/t53-/m0/s1. The van der Waals surface area contributed by atoms with E-state index in [2.05, 4.69) is 41.5 Å². The monoisotopic (exact) mass is 877 g/mol. The van der Waals surface area contributed by atoms with Crippen molar-refractivity contribution in [3.8, 4) is 0 Å². The lowest BCUT2D eigenvalue weighted by atomic mass is 10.0. The molecule has 0 aliphatic heterocycles. The maximum atomic E-state index is 12.8. The van der Waals surface area contributed by atoms with Crippen molar-refractivity contribution in [2.75, 3.05) is 13.2 Å². The maximum Gasteiger partial charge on any atom is 0.306 e. The van der Waals surface area contributed by atoms with Crippen molar-refractivity contribution in [2.45, 2.75) is 311 Å². The average Bonchev–Trinajstić information content (AvgIpc) is 3.23. The molecule has 6 heteroatoms. The first-order valence-corrected chi connectivity index (χ1v) is 27.6. The number of ether oxygens (including phenoxy) is 3. The van der Waals surface area contributed by atoms with E-state index in [0.29, 0.717) is 19.3 Å². The fourth-order valence-corrected chi connectivity index (χ4v) is 8.47. The Morgan fingerprint density at radius 3 is 0.694 bits per heavy atom. The molecule has 0 fully saturated rings. The van der Waals surface area contributed by atoms with E-state index in [-0.39, 0.29) is 31.1 Å². The van der Waals surface area contributed by atoms with Crippen LogP contribution in [0.4, 0.5) is 0 Å². The van der Waals surface area contributed by atoms with Gasteiger partial charge in [0.1, 0.15) is 13.2 Å². The zero-order chi connectivity index (χ0) is 45.6. The van der Waals surface area contributed by atoms with Gasteiger partial charge in [-0.05, 0) is 37.0 Å². The van der Waals surface area contributed by atoms with Crippen LogP contribution in [0.5, 0.6) is 0 Å². The Bertz CT molecular complexity index is 960. The van der Waals surface area contributed by atoms with Crippen molar-refractivity contribution in [3.63, 3.8) is 0 Å². The lowest BCUT2D eigenvalue weighted by molar-refractivity contribution is -0.167. The van der Waals surface area contributed by atoms with Crippen LogP contribution in [0.1, 0.15) is 305 Å². The minimum Gasteiger partial charge on any atom is -0.462 e. The summed E-state index contributed by atoms with van der Waals surface area (Å²) in [6.07, 6.45) is 48.2. The fraction of sp³-hybridized carbons (Fsp3) is 0.946. The highest BCUT2D eigenvalue weighted by atomic mass is 16.6. The minimum atomic E-state index is -0.763. The molecule has 0 rings (SSSR count). The molecule has 62 heavy (non-hydrogen) atoms. The Hall–Kier alpha value is -1.59. The van der Waals surface area contributed by atoms with Crippen LogP contribution >= 0.6 is 0 Å². The Labute approximate surface area is 387 Å². The highest BCUT2D eigenvalue weighted by molar-refractivity contribution is 5.71. The molecule has 0 aromatic rings. The summed E-state index contributed by atoms with van der Waals surface area (Å²) in [7, 11) is 0. The Kier molecular flexibility index (Phi) is 46.2. The summed E-state index contributed by atoms with van der Waals surface area (Å²) in [5.74, 6) is 1.62. The number of hydrogen-bond donors (Lipinski definition) is 0. The molecular weight excluding hydrogens is 769 g/mol. The first-order chi connectivity index (χ1) is 30.1. The van der Waals surface area contributed by atoms with E-state index >= 15 is 0 Å². The van der Waals surface area contributed by atoms with E-state index in [1.54, 1.807) is 0 Å². The first kappa shape index (κ1) is 60.4. The van der Waals surface area contributed by atoms with Crippen LogP contribution in [-0.2, 0) is 28.6 Å². The predicted octanol–water partition coefficient (Wildman–Crippen LogP) is 17.9. The molecular formula is C56H108O6. The van der Waals surface area contributed by atoms with Crippen LogP contribution in [0.25, 0.3) is 0 Å². The molecule has 0 aliphatic carbocycles. The molecule has 0 saturated carbocycles. The minimum absolute atomic E-state index is 0.0645. The number of unbranched alkanes of at least 4 members (excludes halogenated alkanes) is 32. The van der Waals surface area contributed by atoms with E-state index in [1.165, 1.54) is 186 Å². The van der Waals surface area contributed by atoms with Crippen LogP contribution < -0.4 is 0 Å². The summed E-state index contributed by atoms with van der Waals surface area (Å²) in [4.78, 5) is 38.0. The molecule has 0 bridgehead atoms. The molecule has 0 spiro atoms. The van der Waals surface area contributed by atoms with Crippen molar-refractivity contribution >= 4 is 17.9 Å². The summed E-state index contributed by atoms with van der Waals surface area (Å²) >= 11 is 0. The number of carbonyl (C=O) groups excluding carboxylic acids is 3. The average molecular weight is 877 g/mol. The van der Waals surface area contributed by atoms with E-state index in [1.807, 2.05) is 0 Å². The van der Waals surface area contributed by atoms with Gasteiger partial charge in [-0.1, -0.05) is 266 Å². The molecule has 0 aromatic carbocycles. The SMILES string of the molecule is CC(C)CCCCCCCCCCCCCCCCCCC(=O)O[C@@H](COC(=O)CCCCCCCCCCCCCCC(C)C)COC(=O)CCCCCCCCCC(C)C. The second-order valence-electron chi connectivity index (χ2n) is 20.6. The Morgan fingerprint density at radius 1 is 0.274 bits per heavy atom. The van der Waals surface area contributed by atoms with E-state index in [4.69, 9.17) is 14.2 Å². The molecule has 0 amide bonds. The van der Waals surface area contributed by atoms with Gasteiger partial charge < -0.3 is 14.2 Å². The van der Waals surface area contributed by atoms with E-state index < -0.39 is 6.10 Å². The third-order valence-electron chi connectivity index (χ3n) is 12.6. The van der Waals surface area contributed by atoms with Crippen molar-refractivity contribution in [2.24, 2.45) is 17.8 Å². The largest absolute Gasteiger partial charge is 0.462 e. The molecule has 6 nitrogen and oxygen atoms in total. The molecule has 0 aromatic heterocycles. The van der Waals surface area contributed by atoms with Crippen LogP contribution in [0.2, 0.25) is 0 Å². The molecule has 1 atom stereocenters. The molecule has 0 N–H and O–H groups in total. The second-order valence-corrected chi connectivity index (χ2v) is 20.6. The van der Waals surface area contributed by atoms with Crippen molar-refractivity contribution < 1.29 is 28.6 Å². The highest BCUT2D eigenvalue weighted by Gasteiger charge is 2.19. The summed E-state index contributed by atoms with van der Waals surface area (Å²) in [6.45, 7) is 13.7. The van der Waals surface area contributed by atoms with Gasteiger partial charge in [-0.15, -0.1) is 0 Å². The van der Waals surface area contributed by atoms with Crippen molar-refractivity contribution in [3.05, 3.63) is 0 Å². The number of carbonyl (C=O) groups is 3. The normalized spacial score (nSPS) is 12.1. The van der Waals surface area contributed by atoms with Gasteiger partial charge in [0, 0.05) is 19.3 Å². The van der Waals surface area contributed by atoms with Gasteiger partial charge in [0.15, 0.2) is 6.10 Å². The van der Waals surface area contributed by atoms with Gasteiger partial charge in [0.2, 0.25) is 0 Å². The molecule has 0 saturated heterocycles. The zero-order valence-electron chi connectivity index (χ0n) is 42.7. The van der Waals surface area contributed by atoms with Crippen LogP contribution in [-0.4, -0.2) is 37.2 Å². The summed E-state index contributed by atoms with van der Waals surface area (Å²) in [5, 5.41) is 0. The molecule has 0 radical (unpaired) electrons. The summed E-state index contributed by atoms with van der Waals surface area (Å²) in [5.41, 5.74) is 0.